The molecule has 0 saturated carbocycles. The van der Waals surface area contributed by atoms with Gasteiger partial charge in [0.2, 0.25) is 5.95 Å². The number of aliphatic carboxylic acids is 1. The zero-order valence-electron chi connectivity index (χ0n) is 7.48. The maximum absolute atomic E-state index is 12.6. The second kappa shape index (κ2) is 4.66. The summed E-state index contributed by atoms with van der Waals surface area (Å²) in [4.78, 5) is 13.8. The van der Waals surface area contributed by atoms with Gasteiger partial charge in [0.05, 0.1) is 5.69 Å². The smallest absolute Gasteiger partial charge is 0.303 e. The van der Waals surface area contributed by atoms with E-state index < -0.39 is 18.0 Å². The average molecular weight is 198 g/mol. The van der Waals surface area contributed by atoms with Crippen molar-refractivity contribution in [2.75, 3.05) is 0 Å². The lowest BCUT2D eigenvalue weighted by Crippen LogP contribution is -2.14. The SMILES string of the molecule is N[C@H](CCC(=O)O)c1cccc(F)n1. The van der Waals surface area contributed by atoms with E-state index >= 15 is 0 Å². The number of nitrogens with zero attached hydrogens (tertiary/aromatic N) is 1. The van der Waals surface area contributed by atoms with Crippen molar-refractivity contribution in [2.24, 2.45) is 5.73 Å². The number of pyridine rings is 1. The minimum Gasteiger partial charge on any atom is -0.481 e. The van der Waals surface area contributed by atoms with Gasteiger partial charge in [-0.3, -0.25) is 4.79 Å². The van der Waals surface area contributed by atoms with Crippen LogP contribution in [0.25, 0.3) is 0 Å². The van der Waals surface area contributed by atoms with E-state index in [0.717, 1.165) is 0 Å². The molecule has 76 valence electrons. The molecule has 0 bridgehead atoms. The number of rotatable bonds is 4. The summed E-state index contributed by atoms with van der Waals surface area (Å²) in [6.45, 7) is 0. The Morgan fingerprint density at radius 1 is 1.64 bits per heavy atom. The number of nitrogens with two attached hydrogens (primary N) is 1. The molecule has 0 aliphatic rings. The van der Waals surface area contributed by atoms with Crippen LogP contribution >= 0.6 is 0 Å². The van der Waals surface area contributed by atoms with E-state index in [1.54, 1.807) is 6.07 Å². The fourth-order valence-electron chi connectivity index (χ4n) is 1.06. The quantitative estimate of drug-likeness (QED) is 0.710. The topological polar surface area (TPSA) is 76.2 Å². The molecule has 0 aromatic carbocycles. The zero-order chi connectivity index (χ0) is 10.6. The van der Waals surface area contributed by atoms with Crippen molar-refractivity contribution >= 4 is 5.97 Å². The highest BCUT2D eigenvalue weighted by molar-refractivity contribution is 5.66. The van der Waals surface area contributed by atoms with Gasteiger partial charge in [0.1, 0.15) is 0 Å². The predicted molar refractivity (Wildman–Crippen MR) is 48.0 cm³/mol. The molecule has 0 fully saturated rings. The number of carbonyl (C=O) groups is 1. The molecule has 1 atom stereocenters. The largest absolute Gasteiger partial charge is 0.481 e. The van der Waals surface area contributed by atoms with Gasteiger partial charge < -0.3 is 10.8 Å². The lowest BCUT2D eigenvalue weighted by molar-refractivity contribution is -0.137. The Morgan fingerprint density at radius 2 is 2.36 bits per heavy atom. The van der Waals surface area contributed by atoms with E-state index in [4.69, 9.17) is 10.8 Å². The third-order valence-corrected chi connectivity index (χ3v) is 1.79. The van der Waals surface area contributed by atoms with Crippen LogP contribution in [0.15, 0.2) is 18.2 Å². The van der Waals surface area contributed by atoms with Crippen molar-refractivity contribution in [1.82, 2.24) is 4.98 Å². The first-order chi connectivity index (χ1) is 6.59. The van der Waals surface area contributed by atoms with Crippen LogP contribution in [-0.2, 0) is 4.79 Å². The Morgan fingerprint density at radius 3 is 2.93 bits per heavy atom. The van der Waals surface area contributed by atoms with E-state index in [1.807, 2.05) is 0 Å². The van der Waals surface area contributed by atoms with Gasteiger partial charge in [-0.05, 0) is 18.6 Å². The molecule has 1 aromatic heterocycles. The monoisotopic (exact) mass is 198 g/mol. The normalized spacial score (nSPS) is 12.4. The zero-order valence-corrected chi connectivity index (χ0v) is 7.48. The number of aromatic nitrogens is 1. The summed E-state index contributed by atoms with van der Waals surface area (Å²) in [5.41, 5.74) is 6.00. The maximum Gasteiger partial charge on any atom is 0.303 e. The number of carboxylic acid groups (broad SMARTS) is 1. The summed E-state index contributed by atoms with van der Waals surface area (Å²) < 4.78 is 12.6. The summed E-state index contributed by atoms with van der Waals surface area (Å²) >= 11 is 0. The van der Waals surface area contributed by atoms with E-state index in [-0.39, 0.29) is 12.8 Å². The molecular weight excluding hydrogens is 187 g/mol. The van der Waals surface area contributed by atoms with Crippen molar-refractivity contribution in [2.45, 2.75) is 18.9 Å². The molecule has 1 rings (SSSR count). The molecule has 0 aliphatic carbocycles. The average Bonchev–Trinajstić information content (AvgIpc) is 2.14. The van der Waals surface area contributed by atoms with Crippen LogP contribution in [0.2, 0.25) is 0 Å². The van der Waals surface area contributed by atoms with Gasteiger partial charge >= 0.3 is 5.97 Å². The van der Waals surface area contributed by atoms with Gasteiger partial charge in [-0.15, -0.1) is 0 Å². The van der Waals surface area contributed by atoms with E-state index in [1.165, 1.54) is 12.1 Å². The Kier molecular flexibility index (Phi) is 3.53. The van der Waals surface area contributed by atoms with Gasteiger partial charge in [0.25, 0.3) is 0 Å². The Labute approximate surface area is 80.6 Å². The molecule has 0 aliphatic heterocycles. The van der Waals surface area contributed by atoms with Crippen molar-refractivity contribution in [3.05, 3.63) is 29.8 Å². The minimum atomic E-state index is -0.920. The second-order valence-electron chi connectivity index (χ2n) is 2.92. The van der Waals surface area contributed by atoms with Crippen LogP contribution in [0, 0.1) is 5.95 Å². The van der Waals surface area contributed by atoms with Gasteiger partial charge in [-0.1, -0.05) is 6.07 Å². The predicted octanol–water partition coefficient (Wildman–Crippen LogP) is 1.09. The van der Waals surface area contributed by atoms with Crippen molar-refractivity contribution in [3.8, 4) is 0 Å². The van der Waals surface area contributed by atoms with Crippen LogP contribution in [0.4, 0.5) is 4.39 Å². The molecule has 0 spiro atoms. The highest BCUT2D eigenvalue weighted by atomic mass is 19.1. The van der Waals surface area contributed by atoms with Gasteiger partial charge in [0.15, 0.2) is 0 Å². The summed E-state index contributed by atoms with van der Waals surface area (Å²) in [6, 6.07) is 3.77. The number of hydrogen-bond donors (Lipinski definition) is 2. The Balaban J connectivity index is 2.60. The van der Waals surface area contributed by atoms with E-state index in [9.17, 15) is 9.18 Å². The third-order valence-electron chi connectivity index (χ3n) is 1.79. The molecule has 1 heterocycles. The van der Waals surface area contributed by atoms with Gasteiger partial charge in [-0.2, -0.15) is 4.39 Å². The number of hydrogen-bond acceptors (Lipinski definition) is 3. The molecule has 0 saturated heterocycles. The van der Waals surface area contributed by atoms with Crippen molar-refractivity contribution < 1.29 is 14.3 Å². The second-order valence-corrected chi connectivity index (χ2v) is 2.92. The standard InChI is InChI=1S/C9H11FN2O2/c10-8-3-1-2-7(12-8)6(11)4-5-9(13)14/h1-3,6H,4-5,11H2,(H,13,14)/t6-/m1/s1. The first kappa shape index (κ1) is 10.6. The lowest BCUT2D eigenvalue weighted by Gasteiger charge is -2.08. The van der Waals surface area contributed by atoms with Gasteiger partial charge in [0, 0.05) is 12.5 Å². The Bertz CT molecular complexity index is 330. The lowest BCUT2D eigenvalue weighted by atomic mass is 10.1. The summed E-state index contributed by atoms with van der Waals surface area (Å²) in [5.74, 6) is -1.52. The number of halogens is 1. The van der Waals surface area contributed by atoms with Crippen LogP contribution in [0.1, 0.15) is 24.6 Å². The van der Waals surface area contributed by atoms with Gasteiger partial charge in [-0.25, -0.2) is 4.98 Å². The van der Waals surface area contributed by atoms with E-state index in [0.29, 0.717) is 5.69 Å². The van der Waals surface area contributed by atoms with Crippen LogP contribution < -0.4 is 5.73 Å². The molecule has 1 aromatic rings. The van der Waals surface area contributed by atoms with E-state index in [2.05, 4.69) is 4.98 Å². The fourth-order valence-corrected chi connectivity index (χ4v) is 1.06. The molecule has 14 heavy (non-hydrogen) atoms. The van der Waals surface area contributed by atoms with Crippen LogP contribution in [0.3, 0.4) is 0 Å². The summed E-state index contributed by atoms with van der Waals surface area (Å²) in [6.07, 6.45) is 0.213. The summed E-state index contributed by atoms with van der Waals surface area (Å²) in [5, 5.41) is 8.41. The molecule has 0 amide bonds. The molecule has 0 radical (unpaired) electrons. The highest BCUT2D eigenvalue weighted by Crippen LogP contribution is 2.13. The van der Waals surface area contributed by atoms with Crippen LogP contribution in [-0.4, -0.2) is 16.1 Å². The first-order valence-corrected chi connectivity index (χ1v) is 4.19. The molecule has 0 unspecified atom stereocenters. The number of carboxylic acids is 1. The molecule has 3 N–H and O–H groups in total. The maximum atomic E-state index is 12.6. The van der Waals surface area contributed by atoms with Crippen LogP contribution in [0.5, 0.6) is 0 Å². The minimum absolute atomic E-state index is 0.0423. The molecule has 4 nitrogen and oxygen atoms in total. The van der Waals surface area contributed by atoms with Crippen molar-refractivity contribution in [1.29, 1.82) is 0 Å². The molecule has 5 heteroatoms. The summed E-state index contributed by atoms with van der Waals surface area (Å²) in [7, 11) is 0. The molecular formula is C9H11FN2O2. The van der Waals surface area contributed by atoms with Crippen molar-refractivity contribution in [3.63, 3.8) is 0 Å². The Hall–Kier alpha value is -1.49. The first-order valence-electron chi connectivity index (χ1n) is 4.19. The highest BCUT2D eigenvalue weighted by Gasteiger charge is 2.09. The third kappa shape index (κ3) is 3.10. The fraction of sp³-hybridized carbons (Fsp3) is 0.333.